The van der Waals surface area contributed by atoms with Gasteiger partial charge in [0.2, 0.25) is 0 Å². The molecule has 0 aromatic heterocycles. The minimum atomic E-state index is -0.408. The van der Waals surface area contributed by atoms with E-state index in [-0.39, 0.29) is 6.04 Å². The van der Waals surface area contributed by atoms with Gasteiger partial charge in [0.15, 0.2) is 0 Å². The molecular weight excluding hydrogens is 258 g/mol. The molecule has 2 aromatic rings. The summed E-state index contributed by atoms with van der Waals surface area (Å²) in [6.07, 6.45) is 2.79. The fourth-order valence-corrected chi connectivity index (χ4v) is 3.15. The minimum Gasteiger partial charge on any atom is -0.387 e. The molecule has 2 nitrogen and oxygen atoms in total. The van der Waals surface area contributed by atoms with Gasteiger partial charge in [0.25, 0.3) is 0 Å². The second-order valence-corrected chi connectivity index (χ2v) is 6.09. The monoisotopic (exact) mass is 281 g/mol. The number of aryl methyl sites for hydroxylation is 1. The van der Waals surface area contributed by atoms with Crippen LogP contribution >= 0.6 is 0 Å². The molecule has 1 aliphatic rings. The summed E-state index contributed by atoms with van der Waals surface area (Å²) >= 11 is 0. The van der Waals surface area contributed by atoms with Gasteiger partial charge >= 0.3 is 0 Å². The Morgan fingerprint density at radius 2 is 1.76 bits per heavy atom. The van der Waals surface area contributed by atoms with E-state index in [1.54, 1.807) is 0 Å². The van der Waals surface area contributed by atoms with Crippen molar-refractivity contribution < 1.29 is 5.11 Å². The van der Waals surface area contributed by atoms with Crippen LogP contribution in [0.2, 0.25) is 0 Å². The van der Waals surface area contributed by atoms with Gasteiger partial charge in [-0.3, -0.25) is 0 Å². The van der Waals surface area contributed by atoms with E-state index < -0.39 is 6.10 Å². The van der Waals surface area contributed by atoms with Gasteiger partial charge in [0.1, 0.15) is 0 Å². The van der Waals surface area contributed by atoms with Crippen LogP contribution in [0.15, 0.2) is 54.6 Å². The third kappa shape index (κ3) is 3.52. The Hall–Kier alpha value is -1.64. The molecule has 1 saturated heterocycles. The van der Waals surface area contributed by atoms with Crippen LogP contribution in [0, 0.1) is 6.92 Å². The van der Waals surface area contributed by atoms with Crippen molar-refractivity contribution in [1.82, 2.24) is 5.32 Å². The molecule has 2 N–H and O–H groups in total. The van der Waals surface area contributed by atoms with Crippen LogP contribution in [0.4, 0.5) is 0 Å². The Morgan fingerprint density at radius 3 is 2.48 bits per heavy atom. The molecule has 1 fully saturated rings. The molecule has 3 atom stereocenters. The lowest BCUT2D eigenvalue weighted by Gasteiger charge is -2.20. The van der Waals surface area contributed by atoms with Crippen molar-refractivity contribution in [3.05, 3.63) is 71.3 Å². The first-order valence-electron chi connectivity index (χ1n) is 7.77. The Labute approximate surface area is 126 Å². The van der Waals surface area contributed by atoms with Gasteiger partial charge in [-0.15, -0.1) is 0 Å². The zero-order valence-corrected chi connectivity index (χ0v) is 12.5. The van der Waals surface area contributed by atoms with E-state index in [0.29, 0.717) is 6.04 Å². The van der Waals surface area contributed by atoms with E-state index in [1.807, 2.05) is 30.3 Å². The fourth-order valence-electron chi connectivity index (χ4n) is 3.15. The fraction of sp³-hybridized carbons (Fsp3) is 0.368. The number of hydrogen-bond acceptors (Lipinski definition) is 2. The summed E-state index contributed by atoms with van der Waals surface area (Å²) in [4.78, 5) is 0. The Bertz CT molecular complexity index is 564. The van der Waals surface area contributed by atoms with Crippen molar-refractivity contribution in [3.8, 4) is 0 Å². The van der Waals surface area contributed by atoms with E-state index in [9.17, 15) is 5.11 Å². The second kappa shape index (κ2) is 6.42. The molecule has 2 heteroatoms. The first-order chi connectivity index (χ1) is 10.2. The van der Waals surface area contributed by atoms with E-state index in [0.717, 1.165) is 24.8 Å². The minimum absolute atomic E-state index is 0.169. The predicted molar refractivity (Wildman–Crippen MR) is 86.2 cm³/mol. The van der Waals surface area contributed by atoms with Gasteiger partial charge in [-0.25, -0.2) is 0 Å². The topological polar surface area (TPSA) is 32.3 Å². The summed E-state index contributed by atoms with van der Waals surface area (Å²) in [5, 5.41) is 14.1. The van der Waals surface area contributed by atoms with Gasteiger partial charge in [0.05, 0.1) is 6.10 Å². The lowest BCUT2D eigenvalue weighted by Crippen LogP contribution is -2.35. The van der Waals surface area contributed by atoms with Crippen LogP contribution in [0.25, 0.3) is 0 Å². The van der Waals surface area contributed by atoms with E-state index >= 15 is 0 Å². The average Bonchev–Trinajstić information content (AvgIpc) is 2.98. The van der Waals surface area contributed by atoms with Crippen LogP contribution in [0.3, 0.4) is 0 Å². The molecular formula is C19H23NO. The Morgan fingerprint density at radius 1 is 1.05 bits per heavy atom. The maximum absolute atomic E-state index is 10.5. The molecule has 0 amide bonds. The highest BCUT2D eigenvalue weighted by Crippen LogP contribution is 2.26. The van der Waals surface area contributed by atoms with Gasteiger partial charge in [-0.2, -0.15) is 0 Å². The molecule has 110 valence electrons. The molecule has 3 rings (SSSR count). The molecule has 0 saturated carbocycles. The standard InChI is InChI=1S/C19H23NO/c1-14-7-9-15(10-8-14)13-17-11-12-18(20-17)19(21)16-5-3-2-4-6-16/h2-10,17-21H,11-13H2,1H3/t17-,18+,19?/m0/s1. The zero-order chi connectivity index (χ0) is 14.7. The van der Waals surface area contributed by atoms with Crippen molar-refractivity contribution in [2.75, 3.05) is 0 Å². The SMILES string of the molecule is Cc1ccc(C[C@@H]2CC[C@H](C(O)c3ccccc3)N2)cc1. The summed E-state index contributed by atoms with van der Waals surface area (Å²) in [5.41, 5.74) is 3.68. The smallest absolute Gasteiger partial charge is 0.0943 e. The predicted octanol–water partition coefficient (Wildman–Crippen LogP) is 3.39. The summed E-state index contributed by atoms with van der Waals surface area (Å²) in [7, 11) is 0. The molecule has 1 unspecified atom stereocenters. The quantitative estimate of drug-likeness (QED) is 0.900. The van der Waals surface area contributed by atoms with E-state index in [4.69, 9.17) is 0 Å². The molecule has 1 aliphatic heterocycles. The van der Waals surface area contributed by atoms with E-state index in [2.05, 4.69) is 36.5 Å². The maximum atomic E-state index is 10.5. The number of rotatable bonds is 4. The molecule has 1 heterocycles. The van der Waals surface area contributed by atoms with Crippen LogP contribution < -0.4 is 5.32 Å². The van der Waals surface area contributed by atoms with Crippen LogP contribution in [-0.4, -0.2) is 17.2 Å². The third-order valence-corrected chi connectivity index (χ3v) is 4.40. The van der Waals surface area contributed by atoms with Gasteiger partial charge in [-0.05, 0) is 37.3 Å². The van der Waals surface area contributed by atoms with Crippen molar-refractivity contribution in [3.63, 3.8) is 0 Å². The average molecular weight is 281 g/mol. The number of nitrogens with one attached hydrogen (secondary N) is 1. The van der Waals surface area contributed by atoms with Crippen molar-refractivity contribution in [2.24, 2.45) is 0 Å². The van der Waals surface area contributed by atoms with Gasteiger partial charge < -0.3 is 10.4 Å². The number of aliphatic hydroxyl groups excluding tert-OH is 1. The molecule has 0 radical (unpaired) electrons. The molecule has 2 aromatic carbocycles. The molecule has 21 heavy (non-hydrogen) atoms. The van der Waals surface area contributed by atoms with Gasteiger partial charge in [-0.1, -0.05) is 60.2 Å². The third-order valence-electron chi connectivity index (χ3n) is 4.40. The van der Waals surface area contributed by atoms with Crippen molar-refractivity contribution in [1.29, 1.82) is 0 Å². The summed E-state index contributed by atoms with van der Waals surface area (Å²) in [5.74, 6) is 0. The van der Waals surface area contributed by atoms with Crippen LogP contribution in [-0.2, 0) is 6.42 Å². The first kappa shape index (κ1) is 14.3. The Balaban J connectivity index is 1.59. The number of hydrogen-bond donors (Lipinski definition) is 2. The maximum Gasteiger partial charge on any atom is 0.0943 e. The van der Waals surface area contributed by atoms with Crippen LogP contribution in [0.5, 0.6) is 0 Å². The number of aliphatic hydroxyl groups is 1. The molecule has 0 bridgehead atoms. The highest BCUT2D eigenvalue weighted by atomic mass is 16.3. The summed E-state index contributed by atoms with van der Waals surface area (Å²) < 4.78 is 0. The highest BCUT2D eigenvalue weighted by molar-refractivity contribution is 5.23. The highest BCUT2D eigenvalue weighted by Gasteiger charge is 2.29. The summed E-state index contributed by atoms with van der Waals surface area (Å²) in [6, 6.07) is 19.3. The van der Waals surface area contributed by atoms with Crippen LogP contribution in [0.1, 0.15) is 35.6 Å². The normalized spacial score (nSPS) is 23.1. The lowest BCUT2D eigenvalue weighted by molar-refractivity contribution is 0.135. The van der Waals surface area contributed by atoms with Crippen molar-refractivity contribution in [2.45, 2.75) is 44.4 Å². The van der Waals surface area contributed by atoms with Crippen molar-refractivity contribution >= 4 is 0 Å². The second-order valence-electron chi connectivity index (χ2n) is 6.09. The van der Waals surface area contributed by atoms with E-state index in [1.165, 1.54) is 11.1 Å². The molecule has 0 spiro atoms. The summed E-state index contributed by atoms with van der Waals surface area (Å²) in [6.45, 7) is 2.11. The largest absolute Gasteiger partial charge is 0.387 e. The van der Waals surface area contributed by atoms with Gasteiger partial charge in [0, 0.05) is 12.1 Å². The zero-order valence-electron chi connectivity index (χ0n) is 12.5. The molecule has 0 aliphatic carbocycles. The number of benzene rings is 2. The Kier molecular flexibility index (Phi) is 4.37. The first-order valence-corrected chi connectivity index (χ1v) is 7.77. The lowest BCUT2D eigenvalue weighted by atomic mass is 10.0.